The van der Waals surface area contributed by atoms with Gasteiger partial charge in [-0.1, -0.05) is 0 Å². The first-order valence-electron chi connectivity index (χ1n) is 11.1. The highest BCUT2D eigenvalue weighted by atomic mass is 32.2. The van der Waals surface area contributed by atoms with Gasteiger partial charge in [0.1, 0.15) is 18.1 Å². The van der Waals surface area contributed by atoms with Crippen LogP contribution in [-0.4, -0.2) is 95.4 Å². The Balaban J connectivity index is 5.35. The third-order valence-electron chi connectivity index (χ3n) is 4.81. The first kappa shape index (κ1) is 33.3. The van der Waals surface area contributed by atoms with Gasteiger partial charge in [-0.3, -0.25) is 24.2 Å². The van der Waals surface area contributed by atoms with Crippen molar-refractivity contribution in [3.63, 3.8) is 0 Å². The number of nitrogens with zero attached hydrogens (tertiary/aromatic N) is 1. The van der Waals surface area contributed by atoms with E-state index in [-0.39, 0.29) is 31.8 Å². The number of hydrogen-bond donors (Lipinski definition) is 8. The van der Waals surface area contributed by atoms with Crippen LogP contribution in [0.3, 0.4) is 0 Å². The third kappa shape index (κ3) is 14.6. The zero-order chi connectivity index (χ0) is 27.7. The molecule has 14 nitrogen and oxygen atoms in total. The van der Waals surface area contributed by atoms with Crippen molar-refractivity contribution in [3.05, 3.63) is 0 Å². The number of carboxylic acids is 1. The molecule has 0 bridgehead atoms. The molecule has 16 heteroatoms. The average molecular weight is 551 g/mol. The highest BCUT2D eigenvalue weighted by Gasteiger charge is 2.30. The van der Waals surface area contributed by atoms with Crippen LogP contribution in [0, 0.1) is 0 Å². The predicted molar refractivity (Wildman–Crippen MR) is 141 cm³/mol. The van der Waals surface area contributed by atoms with E-state index in [4.69, 9.17) is 22.9 Å². The van der Waals surface area contributed by atoms with Crippen molar-refractivity contribution >= 4 is 59.1 Å². The number of nitrogens with one attached hydrogen (secondary N) is 3. The van der Waals surface area contributed by atoms with Crippen LogP contribution < -0.4 is 38.9 Å². The van der Waals surface area contributed by atoms with Crippen LogP contribution in [-0.2, 0) is 24.0 Å². The number of carboxylic acid groups (broad SMARTS) is 1. The summed E-state index contributed by atoms with van der Waals surface area (Å²) in [7, 11) is 0. The van der Waals surface area contributed by atoms with Gasteiger partial charge in [0.2, 0.25) is 23.6 Å². The number of rotatable bonds is 19. The zero-order valence-corrected chi connectivity index (χ0v) is 22.2. The standard InChI is InChI=1S/C20H38N8O6S2/c1-35-8-5-12(17(31)27-13(19(33)34)6-9-36-2)26-18(32)14(10-15(22)29)28-16(30)11(21)4-3-7-25-20(23)24/h11-14H,3-10,21H2,1-2H3,(H2,22,29)(H,26,32)(H,27,31)(H,28,30)(H,33,34)(H4,23,24,25). The average Bonchev–Trinajstić information content (AvgIpc) is 2.80. The van der Waals surface area contributed by atoms with Crippen molar-refractivity contribution < 1.29 is 29.1 Å². The summed E-state index contributed by atoms with van der Waals surface area (Å²) >= 11 is 2.85. The van der Waals surface area contributed by atoms with Gasteiger partial charge >= 0.3 is 5.97 Å². The molecule has 0 spiro atoms. The van der Waals surface area contributed by atoms with E-state index in [2.05, 4.69) is 20.9 Å². The SMILES string of the molecule is CSCCC(NC(=O)C(CCSC)NC(=O)C(CC(N)=O)NC(=O)C(N)CCCN=C(N)N)C(=O)O. The van der Waals surface area contributed by atoms with Crippen molar-refractivity contribution in [2.75, 3.05) is 30.6 Å². The Kier molecular flexibility index (Phi) is 17.1. The molecule has 0 saturated heterocycles. The lowest BCUT2D eigenvalue weighted by Gasteiger charge is -2.24. The second-order valence-corrected chi connectivity index (χ2v) is 9.78. The van der Waals surface area contributed by atoms with Gasteiger partial charge in [0.15, 0.2) is 5.96 Å². The van der Waals surface area contributed by atoms with Crippen molar-refractivity contribution in [1.82, 2.24) is 16.0 Å². The molecule has 206 valence electrons. The van der Waals surface area contributed by atoms with Gasteiger partial charge < -0.3 is 44.0 Å². The topological polar surface area (TPSA) is 258 Å². The number of thioether (sulfide) groups is 2. The summed E-state index contributed by atoms with van der Waals surface area (Å²) in [5, 5.41) is 16.7. The minimum atomic E-state index is -1.38. The van der Waals surface area contributed by atoms with Crippen LogP contribution in [0.25, 0.3) is 0 Å². The number of amides is 4. The van der Waals surface area contributed by atoms with E-state index in [0.717, 1.165) is 0 Å². The van der Waals surface area contributed by atoms with Crippen LogP contribution in [0.1, 0.15) is 32.1 Å². The highest BCUT2D eigenvalue weighted by molar-refractivity contribution is 7.98. The summed E-state index contributed by atoms with van der Waals surface area (Å²) in [6, 6.07) is -4.61. The zero-order valence-electron chi connectivity index (χ0n) is 20.5. The summed E-state index contributed by atoms with van der Waals surface area (Å²) < 4.78 is 0. The van der Waals surface area contributed by atoms with Gasteiger partial charge in [0.25, 0.3) is 0 Å². The molecular formula is C20H38N8O6S2. The minimum absolute atomic E-state index is 0.0924. The Hall–Kier alpha value is -2.72. The Bertz CT molecular complexity index is 781. The number of aliphatic carboxylic acids is 1. The van der Waals surface area contributed by atoms with E-state index < -0.39 is 60.2 Å². The molecule has 0 aliphatic carbocycles. The number of carbonyl (C=O) groups excluding carboxylic acids is 4. The number of guanidine groups is 1. The summed E-state index contributed by atoms with van der Waals surface area (Å²) in [6.45, 7) is 0.259. The van der Waals surface area contributed by atoms with Crippen LogP contribution in [0.5, 0.6) is 0 Å². The summed E-state index contributed by atoms with van der Waals surface area (Å²) in [6.07, 6.45) is 4.09. The Morgan fingerprint density at radius 3 is 1.81 bits per heavy atom. The van der Waals surface area contributed by atoms with Crippen molar-refractivity contribution in [2.45, 2.75) is 56.3 Å². The summed E-state index contributed by atoms with van der Waals surface area (Å²) in [5.74, 6) is -3.37. The quantitative estimate of drug-likeness (QED) is 0.0465. The molecule has 0 aromatic rings. The first-order valence-corrected chi connectivity index (χ1v) is 13.9. The number of nitrogens with two attached hydrogens (primary N) is 4. The molecule has 0 rings (SSSR count). The number of carbonyl (C=O) groups is 5. The van der Waals surface area contributed by atoms with Crippen LogP contribution in [0.2, 0.25) is 0 Å². The molecule has 36 heavy (non-hydrogen) atoms. The first-order chi connectivity index (χ1) is 16.9. The smallest absolute Gasteiger partial charge is 0.326 e. The molecule has 0 radical (unpaired) electrons. The molecule has 12 N–H and O–H groups in total. The number of hydrogen-bond acceptors (Lipinski definition) is 9. The van der Waals surface area contributed by atoms with E-state index in [9.17, 15) is 29.1 Å². The molecule has 0 saturated carbocycles. The largest absolute Gasteiger partial charge is 0.480 e. The van der Waals surface area contributed by atoms with Crippen molar-refractivity contribution in [3.8, 4) is 0 Å². The summed E-state index contributed by atoms with van der Waals surface area (Å²) in [4.78, 5) is 65.0. The normalized spacial score (nSPS) is 14.0. The van der Waals surface area contributed by atoms with Gasteiger partial charge in [-0.05, 0) is 49.7 Å². The molecular weight excluding hydrogens is 512 g/mol. The fourth-order valence-corrected chi connectivity index (χ4v) is 3.82. The molecule has 0 heterocycles. The van der Waals surface area contributed by atoms with E-state index in [1.54, 1.807) is 6.26 Å². The third-order valence-corrected chi connectivity index (χ3v) is 6.10. The maximum Gasteiger partial charge on any atom is 0.326 e. The van der Waals surface area contributed by atoms with Crippen LogP contribution in [0.4, 0.5) is 0 Å². The van der Waals surface area contributed by atoms with E-state index in [1.165, 1.54) is 23.5 Å². The molecule has 4 amide bonds. The second-order valence-electron chi connectivity index (χ2n) is 7.81. The number of primary amides is 1. The maximum atomic E-state index is 12.9. The van der Waals surface area contributed by atoms with Gasteiger partial charge in [-0.25, -0.2) is 4.79 Å². The Morgan fingerprint density at radius 2 is 1.31 bits per heavy atom. The van der Waals surface area contributed by atoms with Crippen molar-refractivity contribution in [2.24, 2.45) is 27.9 Å². The van der Waals surface area contributed by atoms with Gasteiger partial charge in [-0.15, -0.1) is 0 Å². The van der Waals surface area contributed by atoms with Crippen LogP contribution >= 0.6 is 23.5 Å². The molecule has 0 aromatic heterocycles. The van der Waals surface area contributed by atoms with Gasteiger partial charge in [-0.2, -0.15) is 23.5 Å². The lowest BCUT2D eigenvalue weighted by atomic mass is 10.1. The molecule has 0 aliphatic heterocycles. The lowest BCUT2D eigenvalue weighted by molar-refractivity contribution is -0.142. The monoisotopic (exact) mass is 550 g/mol. The molecule has 0 aliphatic rings. The van der Waals surface area contributed by atoms with Gasteiger partial charge in [0.05, 0.1) is 12.5 Å². The van der Waals surface area contributed by atoms with E-state index in [1.807, 2.05) is 6.26 Å². The maximum absolute atomic E-state index is 12.9. The fraction of sp³-hybridized carbons (Fsp3) is 0.700. The lowest BCUT2D eigenvalue weighted by Crippen LogP contribution is -2.57. The van der Waals surface area contributed by atoms with E-state index in [0.29, 0.717) is 17.9 Å². The number of aliphatic imine (C=N–C) groups is 1. The second kappa shape index (κ2) is 18.5. The molecule has 4 atom stereocenters. The molecule has 0 fully saturated rings. The Morgan fingerprint density at radius 1 is 0.806 bits per heavy atom. The highest BCUT2D eigenvalue weighted by Crippen LogP contribution is 2.06. The Labute approximate surface area is 218 Å². The molecule has 0 aromatic carbocycles. The minimum Gasteiger partial charge on any atom is -0.480 e. The predicted octanol–water partition coefficient (Wildman–Crippen LogP) is -2.71. The fourth-order valence-electron chi connectivity index (χ4n) is 2.88. The van der Waals surface area contributed by atoms with E-state index >= 15 is 0 Å². The van der Waals surface area contributed by atoms with Crippen LogP contribution in [0.15, 0.2) is 4.99 Å². The molecule has 4 unspecified atom stereocenters. The van der Waals surface area contributed by atoms with Crippen molar-refractivity contribution in [1.29, 1.82) is 0 Å². The summed E-state index contributed by atoms with van der Waals surface area (Å²) in [5.41, 5.74) is 21.6. The van der Waals surface area contributed by atoms with Gasteiger partial charge in [0, 0.05) is 6.54 Å².